The zero-order valence-corrected chi connectivity index (χ0v) is 16.1. The van der Waals surface area contributed by atoms with E-state index in [1.165, 1.54) is 0 Å². The third-order valence-electron chi connectivity index (χ3n) is 3.43. The minimum Gasteiger partial charge on any atom is -0.497 e. The lowest BCUT2D eigenvalue weighted by Crippen LogP contribution is -2.05. The molecule has 5 nitrogen and oxygen atoms in total. The number of halogens is 2. The molecule has 0 aliphatic carbocycles. The summed E-state index contributed by atoms with van der Waals surface area (Å²) in [4.78, 5) is 16.6. The molecule has 0 N–H and O–H groups in total. The van der Waals surface area contributed by atoms with Crippen LogP contribution < -0.4 is 10.4 Å². The zero-order chi connectivity index (χ0) is 18.0. The molecule has 7 heteroatoms. The number of ether oxygens (including phenoxy) is 1. The zero-order valence-electron chi connectivity index (χ0n) is 12.9. The second kappa shape index (κ2) is 7.21. The molecule has 2 aromatic carbocycles. The van der Waals surface area contributed by atoms with Crippen LogP contribution in [0.4, 0.5) is 0 Å². The highest BCUT2D eigenvalue weighted by molar-refractivity contribution is 9.11. The fraction of sp³-hybridized carbons (Fsp3) is 0.0556. The number of allylic oxidation sites excluding steroid dienone is 1. The van der Waals surface area contributed by atoms with E-state index >= 15 is 0 Å². The van der Waals surface area contributed by atoms with Gasteiger partial charge in [-0.3, -0.25) is 0 Å². The molecule has 0 fully saturated rings. The van der Waals surface area contributed by atoms with Gasteiger partial charge in [0.25, 0.3) is 0 Å². The first-order valence-electron chi connectivity index (χ1n) is 7.08. The summed E-state index contributed by atoms with van der Waals surface area (Å²) in [5.74, 6) is 0.680. The first kappa shape index (κ1) is 17.4. The smallest absolute Gasteiger partial charge is 0.347 e. The molecule has 0 saturated carbocycles. The van der Waals surface area contributed by atoms with Gasteiger partial charge < -0.3 is 9.15 Å². The Kier molecular flexibility index (Phi) is 5.02. The topological polar surface area (TPSA) is 76.1 Å². The lowest BCUT2D eigenvalue weighted by molar-refractivity contribution is 0.415. The number of nitrogens with zero attached hydrogens (tertiary/aromatic N) is 2. The molecule has 0 unspecified atom stereocenters. The number of benzene rings is 2. The molecule has 3 aromatic rings. The molecule has 1 heterocycles. The van der Waals surface area contributed by atoms with Gasteiger partial charge in [0, 0.05) is 8.95 Å². The summed E-state index contributed by atoms with van der Waals surface area (Å²) in [5.41, 5.74) is 0.791. The van der Waals surface area contributed by atoms with E-state index in [4.69, 9.17) is 9.15 Å². The van der Waals surface area contributed by atoms with Gasteiger partial charge in [0.15, 0.2) is 0 Å². The van der Waals surface area contributed by atoms with Crippen LogP contribution in [0.2, 0.25) is 0 Å². The second-order valence-electron chi connectivity index (χ2n) is 5.03. The van der Waals surface area contributed by atoms with Crippen LogP contribution in [0, 0.1) is 11.3 Å². The molecule has 124 valence electrons. The Labute approximate surface area is 159 Å². The Morgan fingerprint density at radius 2 is 2.00 bits per heavy atom. The van der Waals surface area contributed by atoms with Crippen molar-refractivity contribution in [2.24, 2.45) is 0 Å². The predicted octanol–water partition coefficient (Wildman–Crippen LogP) is 4.79. The minimum atomic E-state index is -0.558. The van der Waals surface area contributed by atoms with Crippen molar-refractivity contribution in [3.8, 4) is 11.8 Å². The minimum absolute atomic E-state index is 0.0289. The third-order valence-corrected chi connectivity index (χ3v) is 4.49. The molecule has 0 atom stereocenters. The highest BCUT2D eigenvalue weighted by Gasteiger charge is 2.14. The molecule has 0 aliphatic rings. The van der Waals surface area contributed by atoms with Gasteiger partial charge in [-0.25, -0.2) is 9.78 Å². The van der Waals surface area contributed by atoms with Crippen molar-refractivity contribution in [1.82, 2.24) is 4.98 Å². The quantitative estimate of drug-likeness (QED) is 0.524. The molecule has 25 heavy (non-hydrogen) atoms. The van der Waals surface area contributed by atoms with Gasteiger partial charge in [0.2, 0.25) is 5.89 Å². The van der Waals surface area contributed by atoms with Gasteiger partial charge in [-0.2, -0.15) is 5.26 Å². The normalized spacial score (nSPS) is 11.4. The van der Waals surface area contributed by atoms with Gasteiger partial charge in [0.1, 0.15) is 17.4 Å². The Bertz CT molecular complexity index is 1080. The second-order valence-corrected chi connectivity index (χ2v) is 6.80. The molecule has 3 rings (SSSR count). The van der Waals surface area contributed by atoms with E-state index in [0.717, 1.165) is 10.0 Å². The first-order valence-corrected chi connectivity index (χ1v) is 8.66. The van der Waals surface area contributed by atoms with E-state index in [1.807, 2.05) is 6.07 Å². The lowest BCUT2D eigenvalue weighted by Gasteiger charge is -2.04. The van der Waals surface area contributed by atoms with E-state index in [2.05, 4.69) is 36.8 Å². The van der Waals surface area contributed by atoms with Crippen LogP contribution in [0.15, 0.2) is 54.6 Å². The molecular weight excluding hydrogens is 452 g/mol. The number of methoxy groups -OCH3 is 1. The van der Waals surface area contributed by atoms with E-state index in [0.29, 0.717) is 21.1 Å². The van der Waals surface area contributed by atoms with Crippen LogP contribution in [0.5, 0.6) is 5.75 Å². The molecule has 0 saturated heterocycles. The Morgan fingerprint density at radius 3 is 2.64 bits per heavy atom. The van der Waals surface area contributed by atoms with Crippen LogP contribution in [0.3, 0.4) is 0 Å². The average molecular weight is 462 g/mol. The van der Waals surface area contributed by atoms with E-state index in [-0.39, 0.29) is 11.5 Å². The predicted molar refractivity (Wildman–Crippen MR) is 102 cm³/mol. The van der Waals surface area contributed by atoms with Crippen LogP contribution in [0.25, 0.3) is 22.6 Å². The van der Waals surface area contributed by atoms with Gasteiger partial charge in [-0.05, 0) is 51.8 Å². The summed E-state index contributed by atoms with van der Waals surface area (Å²) >= 11 is 6.70. The number of rotatable bonds is 3. The maximum atomic E-state index is 12.3. The SMILES string of the molecule is COc1ccc(/C=C(\C#N)c2nc3c(Br)cc(Br)cc3c(=O)o2)cc1. The van der Waals surface area contributed by atoms with Gasteiger partial charge in [-0.1, -0.05) is 28.1 Å². The molecule has 0 bridgehead atoms. The van der Waals surface area contributed by atoms with Crippen molar-refractivity contribution in [1.29, 1.82) is 5.26 Å². The summed E-state index contributed by atoms with van der Waals surface area (Å²) in [5, 5.41) is 9.78. The Morgan fingerprint density at radius 1 is 1.28 bits per heavy atom. The van der Waals surface area contributed by atoms with Gasteiger partial charge >= 0.3 is 5.63 Å². The number of hydrogen-bond acceptors (Lipinski definition) is 5. The van der Waals surface area contributed by atoms with Crippen LogP contribution in [-0.2, 0) is 0 Å². The number of hydrogen-bond donors (Lipinski definition) is 0. The summed E-state index contributed by atoms with van der Waals surface area (Å²) in [6.45, 7) is 0. The number of fused-ring (bicyclic) bond motifs is 1. The first-order chi connectivity index (χ1) is 12.0. The summed E-state index contributed by atoms with van der Waals surface area (Å²) < 4.78 is 11.7. The fourth-order valence-electron chi connectivity index (χ4n) is 2.23. The van der Waals surface area contributed by atoms with E-state index < -0.39 is 5.63 Å². The molecule has 0 aliphatic heterocycles. The monoisotopic (exact) mass is 460 g/mol. The van der Waals surface area contributed by atoms with Crippen molar-refractivity contribution >= 4 is 54.4 Å². The number of nitriles is 1. The van der Waals surface area contributed by atoms with Crippen molar-refractivity contribution in [2.45, 2.75) is 0 Å². The van der Waals surface area contributed by atoms with E-state index in [9.17, 15) is 10.1 Å². The summed E-state index contributed by atoms with van der Waals surface area (Å²) in [6, 6.07) is 12.6. The van der Waals surface area contributed by atoms with Gasteiger partial charge in [0.05, 0.1) is 18.0 Å². The van der Waals surface area contributed by atoms with E-state index in [1.54, 1.807) is 49.6 Å². The van der Waals surface area contributed by atoms with Gasteiger partial charge in [-0.15, -0.1) is 0 Å². The van der Waals surface area contributed by atoms with Crippen molar-refractivity contribution in [3.05, 3.63) is 67.2 Å². The maximum Gasteiger partial charge on any atom is 0.347 e. The summed E-state index contributed by atoms with van der Waals surface area (Å²) in [6.07, 6.45) is 1.60. The molecule has 0 spiro atoms. The summed E-state index contributed by atoms with van der Waals surface area (Å²) in [7, 11) is 1.58. The van der Waals surface area contributed by atoms with Crippen molar-refractivity contribution in [3.63, 3.8) is 0 Å². The molecular formula is C18H10Br2N2O3. The van der Waals surface area contributed by atoms with Crippen LogP contribution >= 0.6 is 31.9 Å². The fourth-order valence-corrected chi connectivity index (χ4v) is 3.54. The Hall–Kier alpha value is -2.43. The third kappa shape index (κ3) is 3.65. The largest absolute Gasteiger partial charge is 0.497 e. The maximum absolute atomic E-state index is 12.3. The van der Waals surface area contributed by atoms with Crippen LogP contribution in [-0.4, -0.2) is 12.1 Å². The standard InChI is InChI=1S/C18H10Br2N2O3/c1-24-13-4-2-10(3-5-13)6-11(9-21)17-22-16-14(18(23)25-17)7-12(19)8-15(16)20/h2-8H,1H3/b11-6+. The average Bonchev–Trinajstić information content (AvgIpc) is 2.61. The van der Waals surface area contributed by atoms with Crippen molar-refractivity contribution < 1.29 is 9.15 Å². The highest BCUT2D eigenvalue weighted by Crippen LogP contribution is 2.27. The lowest BCUT2D eigenvalue weighted by atomic mass is 10.1. The van der Waals surface area contributed by atoms with Crippen molar-refractivity contribution in [2.75, 3.05) is 7.11 Å². The molecule has 1 aromatic heterocycles. The molecule has 0 radical (unpaired) electrons. The molecule has 0 amide bonds. The number of aromatic nitrogens is 1. The highest BCUT2D eigenvalue weighted by atomic mass is 79.9. The Balaban J connectivity index is 2.14. The van der Waals surface area contributed by atoms with Crippen LogP contribution in [0.1, 0.15) is 11.5 Å².